The van der Waals surface area contributed by atoms with Gasteiger partial charge in [-0.25, -0.2) is 0 Å². The lowest BCUT2D eigenvalue weighted by atomic mass is 10.1. The van der Waals surface area contributed by atoms with Crippen LogP contribution in [0.3, 0.4) is 0 Å². The van der Waals surface area contributed by atoms with Crippen LogP contribution in [0, 0.1) is 22.7 Å². The third-order valence-corrected chi connectivity index (χ3v) is 5.02. The number of carbonyl (C=O) groups excluding carboxylic acids is 1. The van der Waals surface area contributed by atoms with E-state index in [1.807, 2.05) is 55.3 Å². The fraction of sp³-hybridized carbons (Fsp3) is 0.500. The van der Waals surface area contributed by atoms with E-state index in [0.717, 1.165) is 10.5 Å². The molecule has 0 aliphatic rings. The highest BCUT2D eigenvalue weighted by Gasteiger charge is 2.19. The van der Waals surface area contributed by atoms with Crippen LogP contribution in [-0.4, -0.2) is 52.9 Å². The zero-order chi connectivity index (χ0) is 18.8. The summed E-state index contributed by atoms with van der Waals surface area (Å²) in [5.74, 6) is -0.0915. The zero-order valence-corrected chi connectivity index (χ0v) is 15.8. The van der Waals surface area contributed by atoms with Crippen molar-refractivity contribution < 1.29 is 9.00 Å². The van der Waals surface area contributed by atoms with Crippen LogP contribution in [0.4, 0.5) is 0 Å². The number of nitrogens with zero attached hydrogens (tertiary/aromatic N) is 4. The van der Waals surface area contributed by atoms with Crippen molar-refractivity contribution in [3.63, 3.8) is 0 Å². The van der Waals surface area contributed by atoms with Crippen LogP contribution in [0.5, 0.6) is 0 Å². The summed E-state index contributed by atoms with van der Waals surface area (Å²) in [7, 11) is 0.852. The number of likely N-dealkylation sites (N-methyl/N-ethyl adjacent to an activating group) is 1. The quantitative estimate of drug-likeness (QED) is 0.673. The number of hydrogen-bond acceptors (Lipinski definition) is 5. The SMILES string of the molecule is C[C@H](c1ccc([S@](C)=O)cc1)N(C)CC(=O)N(CCC#N)CCC#N. The lowest BCUT2D eigenvalue weighted by Gasteiger charge is -2.28. The minimum Gasteiger partial charge on any atom is -0.340 e. The van der Waals surface area contributed by atoms with Gasteiger partial charge in [-0.1, -0.05) is 12.1 Å². The van der Waals surface area contributed by atoms with E-state index in [-0.39, 0.29) is 31.3 Å². The molecule has 0 heterocycles. The number of amides is 1. The van der Waals surface area contributed by atoms with E-state index >= 15 is 0 Å². The fourth-order valence-electron chi connectivity index (χ4n) is 2.37. The van der Waals surface area contributed by atoms with Gasteiger partial charge < -0.3 is 4.90 Å². The maximum absolute atomic E-state index is 12.5. The minimum absolute atomic E-state index is 0.0112. The Kier molecular flexibility index (Phi) is 8.83. The van der Waals surface area contributed by atoms with Gasteiger partial charge in [-0.3, -0.25) is 13.9 Å². The van der Waals surface area contributed by atoms with Gasteiger partial charge in [0.15, 0.2) is 0 Å². The summed E-state index contributed by atoms with van der Waals surface area (Å²) < 4.78 is 11.5. The van der Waals surface area contributed by atoms with Crippen LogP contribution in [0.25, 0.3) is 0 Å². The van der Waals surface area contributed by atoms with Crippen molar-refractivity contribution in [2.75, 3.05) is 32.9 Å². The van der Waals surface area contributed by atoms with Crippen molar-refractivity contribution in [1.29, 1.82) is 10.5 Å². The smallest absolute Gasteiger partial charge is 0.236 e. The first-order valence-electron chi connectivity index (χ1n) is 8.06. The molecular formula is C18H24N4O2S. The molecule has 0 aliphatic carbocycles. The van der Waals surface area contributed by atoms with Crippen molar-refractivity contribution in [2.24, 2.45) is 0 Å². The van der Waals surface area contributed by atoms with Crippen LogP contribution < -0.4 is 0 Å². The van der Waals surface area contributed by atoms with E-state index in [4.69, 9.17) is 10.5 Å². The molecule has 0 fully saturated rings. The molecule has 134 valence electrons. The molecule has 0 bridgehead atoms. The molecule has 0 saturated heterocycles. The van der Waals surface area contributed by atoms with Gasteiger partial charge in [0.1, 0.15) is 0 Å². The Labute approximate surface area is 152 Å². The minimum atomic E-state index is -1.01. The van der Waals surface area contributed by atoms with Crippen molar-refractivity contribution in [3.8, 4) is 12.1 Å². The van der Waals surface area contributed by atoms with E-state index in [0.29, 0.717) is 13.1 Å². The summed E-state index contributed by atoms with van der Waals surface area (Å²) in [5.41, 5.74) is 1.03. The van der Waals surface area contributed by atoms with Crippen LogP contribution in [0.1, 0.15) is 31.4 Å². The van der Waals surface area contributed by atoms with Gasteiger partial charge in [0.2, 0.25) is 5.91 Å². The molecule has 1 aromatic carbocycles. The van der Waals surface area contributed by atoms with Crippen molar-refractivity contribution in [1.82, 2.24) is 9.80 Å². The van der Waals surface area contributed by atoms with Crippen molar-refractivity contribution in [3.05, 3.63) is 29.8 Å². The largest absolute Gasteiger partial charge is 0.340 e. The lowest BCUT2D eigenvalue weighted by Crippen LogP contribution is -2.40. The zero-order valence-electron chi connectivity index (χ0n) is 14.9. The van der Waals surface area contributed by atoms with Crippen LogP contribution in [0.15, 0.2) is 29.2 Å². The molecule has 0 unspecified atom stereocenters. The Bertz CT molecular complexity index is 658. The first kappa shape index (κ1) is 20.8. The Balaban J connectivity index is 2.72. The second kappa shape index (κ2) is 10.6. The van der Waals surface area contributed by atoms with E-state index in [9.17, 15) is 9.00 Å². The molecule has 1 amide bonds. The second-order valence-electron chi connectivity index (χ2n) is 5.81. The van der Waals surface area contributed by atoms with E-state index in [2.05, 4.69) is 0 Å². The monoisotopic (exact) mass is 360 g/mol. The number of benzene rings is 1. The maximum Gasteiger partial charge on any atom is 0.236 e. The molecule has 0 spiro atoms. The highest BCUT2D eigenvalue weighted by Crippen LogP contribution is 2.20. The van der Waals surface area contributed by atoms with E-state index < -0.39 is 10.8 Å². The highest BCUT2D eigenvalue weighted by molar-refractivity contribution is 7.84. The summed E-state index contributed by atoms with van der Waals surface area (Å²) in [4.78, 5) is 16.7. The predicted octanol–water partition coefficient (Wildman–Crippen LogP) is 2.07. The molecule has 1 aromatic rings. The van der Waals surface area contributed by atoms with Crippen LogP contribution in [-0.2, 0) is 15.6 Å². The van der Waals surface area contributed by atoms with E-state index in [1.54, 1.807) is 11.2 Å². The Morgan fingerprint density at radius 1 is 1.16 bits per heavy atom. The molecule has 1 rings (SSSR count). The standard InChI is InChI=1S/C18H24N4O2S/c1-15(16-6-8-17(9-7-16)25(3)24)21(2)14-18(23)22(12-4-10-19)13-5-11-20/h6-9,15H,4-5,12-14H2,1-3H3/t15-,25+/m1/s1. The Hall–Kier alpha value is -2.22. The number of carbonyl (C=O) groups is 1. The van der Waals surface area contributed by atoms with Crippen LogP contribution in [0.2, 0.25) is 0 Å². The molecule has 0 saturated carbocycles. The third kappa shape index (κ3) is 6.66. The van der Waals surface area contributed by atoms with Gasteiger partial charge >= 0.3 is 0 Å². The molecule has 0 N–H and O–H groups in total. The summed E-state index contributed by atoms with van der Waals surface area (Å²) >= 11 is 0. The number of nitriles is 2. The molecule has 6 nitrogen and oxygen atoms in total. The van der Waals surface area contributed by atoms with Crippen molar-refractivity contribution >= 4 is 16.7 Å². The van der Waals surface area contributed by atoms with Crippen molar-refractivity contribution in [2.45, 2.75) is 30.7 Å². The topological polar surface area (TPSA) is 88.2 Å². The van der Waals surface area contributed by atoms with Crippen LogP contribution >= 0.6 is 0 Å². The molecule has 25 heavy (non-hydrogen) atoms. The molecule has 2 atom stereocenters. The van der Waals surface area contributed by atoms with Gasteiger partial charge in [0.25, 0.3) is 0 Å². The predicted molar refractivity (Wildman–Crippen MR) is 96.9 cm³/mol. The van der Waals surface area contributed by atoms with Gasteiger partial charge in [-0.15, -0.1) is 0 Å². The fourth-order valence-corrected chi connectivity index (χ4v) is 2.89. The summed E-state index contributed by atoms with van der Waals surface area (Å²) in [6.45, 7) is 2.89. The van der Waals surface area contributed by atoms with Gasteiger partial charge in [-0.05, 0) is 31.7 Å². The second-order valence-corrected chi connectivity index (χ2v) is 7.19. The maximum atomic E-state index is 12.5. The average molecular weight is 360 g/mol. The Morgan fingerprint density at radius 2 is 1.68 bits per heavy atom. The lowest BCUT2D eigenvalue weighted by molar-refractivity contribution is -0.132. The normalized spacial score (nSPS) is 12.9. The molecule has 0 radical (unpaired) electrons. The first-order chi connectivity index (χ1) is 11.9. The Morgan fingerprint density at radius 3 is 2.12 bits per heavy atom. The van der Waals surface area contributed by atoms with Gasteiger partial charge in [0.05, 0.1) is 31.5 Å². The van der Waals surface area contributed by atoms with E-state index in [1.165, 1.54) is 0 Å². The summed E-state index contributed by atoms with van der Waals surface area (Å²) in [6, 6.07) is 11.6. The number of rotatable bonds is 9. The third-order valence-electron chi connectivity index (χ3n) is 4.08. The molecule has 7 heteroatoms. The molecule has 0 aliphatic heterocycles. The summed E-state index contributed by atoms with van der Waals surface area (Å²) in [6.07, 6.45) is 2.15. The molecular weight excluding hydrogens is 336 g/mol. The van der Waals surface area contributed by atoms with Gasteiger partial charge in [0, 0.05) is 41.1 Å². The molecule has 0 aromatic heterocycles. The highest BCUT2D eigenvalue weighted by atomic mass is 32.2. The van der Waals surface area contributed by atoms with Gasteiger partial charge in [-0.2, -0.15) is 10.5 Å². The first-order valence-corrected chi connectivity index (χ1v) is 9.61. The summed E-state index contributed by atoms with van der Waals surface area (Å²) in [5, 5.41) is 17.4. The average Bonchev–Trinajstić information content (AvgIpc) is 2.61. The number of hydrogen-bond donors (Lipinski definition) is 0.